The summed E-state index contributed by atoms with van der Waals surface area (Å²) in [4.78, 5) is 11.6. The summed E-state index contributed by atoms with van der Waals surface area (Å²) in [5, 5.41) is 0.921. The quantitative estimate of drug-likeness (QED) is 0.462. The first-order chi connectivity index (χ1) is 11.7. The molecule has 0 aliphatic rings. The number of aryl methyl sites for hydroxylation is 1. The van der Waals surface area contributed by atoms with Crippen molar-refractivity contribution in [3.8, 4) is 22.3 Å². The number of rotatable bonds is 2. The first-order valence-electron chi connectivity index (χ1n) is 7.91. The van der Waals surface area contributed by atoms with Crippen molar-refractivity contribution >= 4 is 11.0 Å². The Bertz CT molecular complexity index is 1060. The Labute approximate surface area is 140 Å². The van der Waals surface area contributed by atoms with Crippen molar-refractivity contribution in [2.24, 2.45) is 0 Å². The molecule has 2 nitrogen and oxygen atoms in total. The predicted octanol–water partition coefficient (Wildman–Crippen LogP) is 5.44. The van der Waals surface area contributed by atoms with Gasteiger partial charge in [-0.25, -0.2) is 4.79 Å². The lowest BCUT2D eigenvalue weighted by atomic mass is 9.93. The molecular formula is C22H16O2. The van der Waals surface area contributed by atoms with E-state index in [9.17, 15) is 4.79 Å². The summed E-state index contributed by atoms with van der Waals surface area (Å²) >= 11 is 0. The van der Waals surface area contributed by atoms with Gasteiger partial charge in [-0.15, -0.1) is 0 Å². The van der Waals surface area contributed by atoms with E-state index in [-0.39, 0.29) is 5.63 Å². The van der Waals surface area contributed by atoms with Crippen LogP contribution in [0.4, 0.5) is 0 Å². The molecule has 3 aromatic carbocycles. The molecule has 4 aromatic rings. The highest BCUT2D eigenvalue weighted by Crippen LogP contribution is 2.35. The Morgan fingerprint density at radius 2 is 1.38 bits per heavy atom. The largest absolute Gasteiger partial charge is 0.423 e. The van der Waals surface area contributed by atoms with Gasteiger partial charge in [0.2, 0.25) is 0 Å². The minimum atomic E-state index is -0.329. The third kappa shape index (κ3) is 2.63. The Hall–Kier alpha value is -3.13. The highest BCUT2D eigenvalue weighted by molar-refractivity contribution is 5.93. The lowest BCUT2D eigenvalue weighted by Crippen LogP contribution is -1.95. The van der Waals surface area contributed by atoms with Crippen molar-refractivity contribution in [3.05, 3.63) is 94.8 Å². The van der Waals surface area contributed by atoms with Gasteiger partial charge in [-0.2, -0.15) is 0 Å². The van der Waals surface area contributed by atoms with Gasteiger partial charge in [0.1, 0.15) is 5.58 Å². The summed E-state index contributed by atoms with van der Waals surface area (Å²) in [6.45, 7) is 2.07. The monoisotopic (exact) mass is 312 g/mol. The molecule has 2 heteroatoms. The lowest BCUT2D eigenvalue weighted by Gasteiger charge is -2.12. The zero-order valence-electron chi connectivity index (χ0n) is 13.3. The standard InChI is InChI=1S/C22H16O2/c1-15-7-9-17(10-8-15)20-14-21-18(11-12-22(23)24-21)13-19(20)16-5-3-2-4-6-16/h2-14H,1H3. The number of fused-ring (bicyclic) bond motifs is 1. The molecular weight excluding hydrogens is 296 g/mol. The van der Waals surface area contributed by atoms with Gasteiger partial charge in [-0.05, 0) is 47.4 Å². The van der Waals surface area contributed by atoms with Crippen LogP contribution in [0.5, 0.6) is 0 Å². The van der Waals surface area contributed by atoms with Crippen molar-refractivity contribution in [2.45, 2.75) is 6.92 Å². The molecule has 0 aliphatic heterocycles. The van der Waals surface area contributed by atoms with E-state index >= 15 is 0 Å². The SMILES string of the molecule is Cc1ccc(-c2cc3oc(=O)ccc3cc2-c2ccccc2)cc1. The van der Waals surface area contributed by atoms with Crippen molar-refractivity contribution in [1.29, 1.82) is 0 Å². The molecule has 0 radical (unpaired) electrons. The summed E-state index contributed by atoms with van der Waals surface area (Å²) in [6, 6.07) is 26.0. The zero-order valence-corrected chi connectivity index (χ0v) is 13.3. The lowest BCUT2D eigenvalue weighted by molar-refractivity contribution is 0.561. The normalized spacial score (nSPS) is 10.9. The second kappa shape index (κ2) is 5.82. The van der Waals surface area contributed by atoms with Crippen LogP contribution in [0.25, 0.3) is 33.2 Å². The summed E-state index contributed by atoms with van der Waals surface area (Å²) in [5.74, 6) is 0. The number of benzene rings is 3. The highest BCUT2D eigenvalue weighted by Gasteiger charge is 2.11. The van der Waals surface area contributed by atoms with Crippen LogP contribution in [-0.2, 0) is 0 Å². The molecule has 0 aliphatic carbocycles. The minimum Gasteiger partial charge on any atom is -0.423 e. The van der Waals surface area contributed by atoms with E-state index in [1.807, 2.05) is 30.3 Å². The van der Waals surface area contributed by atoms with E-state index < -0.39 is 0 Å². The third-order valence-corrected chi connectivity index (χ3v) is 4.21. The fourth-order valence-electron chi connectivity index (χ4n) is 2.94. The Morgan fingerprint density at radius 3 is 2.12 bits per heavy atom. The van der Waals surface area contributed by atoms with Crippen LogP contribution < -0.4 is 5.63 Å². The van der Waals surface area contributed by atoms with Gasteiger partial charge >= 0.3 is 5.63 Å². The fraction of sp³-hybridized carbons (Fsp3) is 0.0455. The molecule has 0 fully saturated rings. The van der Waals surface area contributed by atoms with E-state index in [2.05, 4.69) is 49.4 Å². The number of hydrogen-bond acceptors (Lipinski definition) is 2. The van der Waals surface area contributed by atoms with Crippen molar-refractivity contribution in [2.75, 3.05) is 0 Å². The van der Waals surface area contributed by atoms with Crippen molar-refractivity contribution < 1.29 is 4.42 Å². The molecule has 24 heavy (non-hydrogen) atoms. The maximum Gasteiger partial charge on any atom is 0.336 e. The molecule has 0 saturated heterocycles. The summed E-state index contributed by atoms with van der Waals surface area (Å²) in [6.07, 6.45) is 0. The van der Waals surface area contributed by atoms with Crippen LogP contribution >= 0.6 is 0 Å². The van der Waals surface area contributed by atoms with Crippen LogP contribution in [0.2, 0.25) is 0 Å². The summed E-state index contributed by atoms with van der Waals surface area (Å²) in [5.41, 5.74) is 5.92. The van der Waals surface area contributed by atoms with E-state index in [0.29, 0.717) is 5.58 Å². The van der Waals surface area contributed by atoms with E-state index in [1.165, 1.54) is 11.6 Å². The molecule has 0 spiro atoms. The van der Waals surface area contributed by atoms with Gasteiger partial charge in [0.25, 0.3) is 0 Å². The molecule has 116 valence electrons. The van der Waals surface area contributed by atoms with Gasteiger partial charge in [0.15, 0.2) is 0 Å². The average molecular weight is 312 g/mol. The van der Waals surface area contributed by atoms with Crippen LogP contribution in [0.1, 0.15) is 5.56 Å². The fourth-order valence-corrected chi connectivity index (χ4v) is 2.94. The minimum absolute atomic E-state index is 0.329. The molecule has 0 N–H and O–H groups in total. The average Bonchev–Trinajstić information content (AvgIpc) is 2.62. The van der Waals surface area contributed by atoms with Crippen LogP contribution in [0.15, 0.2) is 88.1 Å². The molecule has 0 atom stereocenters. The van der Waals surface area contributed by atoms with Gasteiger partial charge in [0.05, 0.1) is 0 Å². The molecule has 1 heterocycles. The van der Waals surface area contributed by atoms with E-state index in [1.54, 1.807) is 0 Å². The molecule has 0 saturated carbocycles. The first kappa shape index (κ1) is 14.5. The van der Waals surface area contributed by atoms with Gasteiger partial charge < -0.3 is 4.42 Å². The van der Waals surface area contributed by atoms with E-state index in [4.69, 9.17) is 4.42 Å². The second-order valence-corrected chi connectivity index (χ2v) is 5.92. The maximum absolute atomic E-state index is 11.6. The first-order valence-corrected chi connectivity index (χ1v) is 7.91. The summed E-state index contributed by atoms with van der Waals surface area (Å²) in [7, 11) is 0. The van der Waals surface area contributed by atoms with Crippen LogP contribution in [-0.4, -0.2) is 0 Å². The molecule has 0 bridgehead atoms. The van der Waals surface area contributed by atoms with Gasteiger partial charge in [-0.1, -0.05) is 60.2 Å². The van der Waals surface area contributed by atoms with Crippen molar-refractivity contribution in [1.82, 2.24) is 0 Å². The Balaban J connectivity index is 2.04. The van der Waals surface area contributed by atoms with Crippen molar-refractivity contribution in [3.63, 3.8) is 0 Å². The smallest absolute Gasteiger partial charge is 0.336 e. The van der Waals surface area contributed by atoms with Crippen LogP contribution in [0, 0.1) is 6.92 Å². The Morgan fingerprint density at radius 1 is 0.708 bits per heavy atom. The van der Waals surface area contributed by atoms with Gasteiger partial charge in [0, 0.05) is 11.5 Å². The van der Waals surface area contributed by atoms with E-state index in [0.717, 1.165) is 27.6 Å². The molecule has 0 amide bonds. The van der Waals surface area contributed by atoms with Gasteiger partial charge in [-0.3, -0.25) is 0 Å². The molecule has 1 aromatic heterocycles. The zero-order chi connectivity index (χ0) is 16.5. The molecule has 0 unspecified atom stereocenters. The summed E-state index contributed by atoms with van der Waals surface area (Å²) < 4.78 is 5.38. The Kier molecular flexibility index (Phi) is 3.51. The predicted molar refractivity (Wildman–Crippen MR) is 98.1 cm³/mol. The number of hydrogen-bond donors (Lipinski definition) is 0. The molecule has 4 rings (SSSR count). The second-order valence-electron chi connectivity index (χ2n) is 5.92. The highest BCUT2D eigenvalue weighted by atomic mass is 16.4. The third-order valence-electron chi connectivity index (χ3n) is 4.21. The topological polar surface area (TPSA) is 30.2 Å². The van der Waals surface area contributed by atoms with Crippen LogP contribution in [0.3, 0.4) is 0 Å². The maximum atomic E-state index is 11.6.